The number of carbonyl (C=O) groups is 1. The second kappa shape index (κ2) is 8.37. The smallest absolute Gasteiger partial charge is 0.234 e. The Kier molecular flexibility index (Phi) is 5.51. The summed E-state index contributed by atoms with van der Waals surface area (Å²) in [6.45, 7) is 0. The van der Waals surface area contributed by atoms with Gasteiger partial charge in [0.1, 0.15) is 5.01 Å². The summed E-state index contributed by atoms with van der Waals surface area (Å²) in [5.74, 6) is 1.29. The quantitative estimate of drug-likeness (QED) is 0.450. The molecule has 4 aromatic rings. The minimum Gasteiger partial charge on any atom is -0.325 e. The molecular weight excluding hydrogens is 372 g/mol. The highest BCUT2D eigenvalue weighted by Crippen LogP contribution is 2.30. The van der Waals surface area contributed by atoms with Crippen molar-refractivity contribution < 1.29 is 4.79 Å². The van der Waals surface area contributed by atoms with Crippen LogP contribution in [0.5, 0.6) is 0 Å². The van der Waals surface area contributed by atoms with Crippen LogP contribution >= 0.6 is 23.1 Å². The van der Waals surface area contributed by atoms with Crippen LogP contribution in [0, 0.1) is 0 Å². The Labute approximate surface area is 166 Å². The molecule has 3 nitrogen and oxygen atoms in total. The maximum Gasteiger partial charge on any atom is 0.234 e. The molecule has 1 aromatic heterocycles. The lowest BCUT2D eigenvalue weighted by Crippen LogP contribution is -2.14. The highest BCUT2D eigenvalue weighted by atomic mass is 32.2. The van der Waals surface area contributed by atoms with Gasteiger partial charge in [-0.25, -0.2) is 4.98 Å². The molecule has 0 aliphatic rings. The molecule has 4 rings (SSSR count). The van der Waals surface area contributed by atoms with Crippen molar-refractivity contribution in [2.75, 3.05) is 11.1 Å². The van der Waals surface area contributed by atoms with Crippen LogP contribution in [-0.4, -0.2) is 16.6 Å². The average Bonchev–Trinajstić information content (AvgIpc) is 3.13. The topological polar surface area (TPSA) is 42.0 Å². The fourth-order valence-electron chi connectivity index (χ4n) is 2.72. The van der Waals surface area contributed by atoms with Gasteiger partial charge in [-0.1, -0.05) is 42.5 Å². The lowest BCUT2D eigenvalue weighted by Gasteiger charge is -2.06. The van der Waals surface area contributed by atoms with E-state index in [1.807, 2.05) is 60.7 Å². The maximum atomic E-state index is 12.1. The van der Waals surface area contributed by atoms with Gasteiger partial charge in [0, 0.05) is 17.0 Å². The average molecular weight is 391 g/mol. The molecule has 0 unspecified atom stereocenters. The third-order valence-electron chi connectivity index (χ3n) is 4.05. The molecule has 0 fully saturated rings. The number of benzene rings is 3. The zero-order chi connectivity index (χ0) is 18.5. The summed E-state index contributed by atoms with van der Waals surface area (Å²) < 4.78 is 1.18. The van der Waals surface area contributed by atoms with E-state index < -0.39 is 0 Å². The van der Waals surface area contributed by atoms with Gasteiger partial charge < -0.3 is 5.32 Å². The molecule has 1 amide bonds. The number of para-hydroxylation sites is 1. The summed E-state index contributed by atoms with van der Waals surface area (Å²) in [4.78, 5) is 16.8. The first-order valence-corrected chi connectivity index (χ1v) is 10.6. The van der Waals surface area contributed by atoms with Crippen LogP contribution in [0.25, 0.3) is 20.8 Å². The predicted molar refractivity (Wildman–Crippen MR) is 116 cm³/mol. The highest BCUT2D eigenvalue weighted by molar-refractivity contribution is 7.99. The van der Waals surface area contributed by atoms with Gasteiger partial charge in [0.05, 0.1) is 16.0 Å². The van der Waals surface area contributed by atoms with Gasteiger partial charge in [-0.05, 0) is 42.0 Å². The maximum absolute atomic E-state index is 12.1. The van der Waals surface area contributed by atoms with Crippen molar-refractivity contribution in [3.8, 4) is 10.6 Å². The molecule has 0 atom stereocenters. The van der Waals surface area contributed by atoms with E-state index in [-0.39, 0.29) is 5.91 Å². The summed E-state index contributed by atoms with van der Waals surface area (Å²) in [6, 6.07) is 26.2. The van der Waals surface area contributed by atoms with Gasteiger partial charge in [-0.2, -0.15) is 0 Å². The molecule has 1 N–H and O–H groups in total. The number of aromatic nitrogens is 1. The SMILES string of the molecule is O=C(CSCc1ccccc1)Nc1ccc(-c2nc3ccccc3s2)cc1. The Morgan fingerprint density at radius 2 is 1.67 bits per heavy atom. The first-order chi connectivity index (χ1) is 13.3. The summed E-state index contributed by atoms with van der Waals surface area (Å²) in [5.41, 5.74) is 4.12. The third kappa shape index (κ3) is 4.56. The molecule has 134 valence electrons. The van der Waals surface area contributed by atoms with E-state index in [1.54, 1.807) is 23.1 Å². The predicted octanol–water partition coefficient (Wildman–Crippen LogP) is 5.84. The van der Waals surface area contributed by atoms with E-state index in [0.29, 0.717) is 5.75 Å². The fourth-order valence-corrected chi connectivity index (χ4v) is 4.48. The molecule has 0 bridgehead atoms. The van der Waals surface area contributed by atoms with Crippen LogP contribution in [0.2, 0.25) is 0 Å². The molecule has 3 aromatic carbocycles. The number of anilines is 1. The summed E-state index contributed by atoms with van der Waals surface area (Å²) in [7, 11) is 0. The Hall–Kier alpha value is -2.63. The Morgan fingerprint density at radius 3 is 2.44 bits per heavy atom. The van der Waals surface area contributed by atoms with Crippen molar-refractivity contribution >= 4 is 44.9 Å². The van der Waals surface area contributed by atoms with E-state index in [1.165, 1.54) is 10.3 Å². The summed E-state index contributed by atoms with van der Waals surface area (Å²) in [5, 5.41) is 3.95. The zero-order valence-electron chi connectivity index (χ0n) is 14.6. The standard InChI is InChI=1S/C22H18N2OS2/c25-21(15-26-14-16-6-2-1-3-7-16)23-18-12-10-17(11-13-18)22-24-19-8-4-5-9-20(19)27-22/h1-13H,14-15H2,(H,23,25). The molecular formula is C22H18N2OS2. The molecule has 0 saturated heterocycles. The van der Waals surface area contributed by atoms with Crippen LogP contribution in [-0.2, 0) is 10.5 Å². The number of amides is 1. The number of nitrogens with zero attached hydrogens (tertiary/aromatic N) is 1. The van der Waals surface area contributed by atoms with Crippen molar-refractivity contribution in [3.63, 3.8) is 0 Å². The molecule has 0 aliphatic carbocycles. The van der Waals surface area contributed by atoms with Gasteiger partial charge in [0.25, 0.3) is 0 Å². The van der Waals surface area contributed by atoms with Crippen molar-refractivity contribution in [3.05, 3.63) is 84.4 Å². The van der Waals surface area contributed by atoms with Crippen molar-refractivity contribution in [1.82, 2.24) is 4.98 Å². The van der Waals surface area contributed by atoms with Crippen molar-refractivity contribution in [2.24, 2.45) is 0 Å². The van der Waals surface area contributed by atoms with Gasteiger partial charge in [-0.3, -0.25) is 4.79 Å². The van der Waals surface area contributed by atoms with Gasteiger partial charge >= 0.3 is 0 Å². The van der Waals surface area contributed by atoms with E-state index >= 15 is 0 Å². The Morgan fingerprint density at radius 1 is 0.926 bits per heavy atom. The van der Waals surface area contributed by atoms with Crippen LogP contribution < -0.4 is 5.32 Å². The van der Waals surface area contributed by atoms with Gasteiger partial charge in [0.15, 0.2) is 0 Å². The second-order valence-electron chi connectivity index (χ2n) is 6.09. The zero-order valence-corrected chi connectivity index (χ0v) is 16.2. The largest absolute Gasteiger partial charge is 0.325 e. The van der Waals surface area contributed by atoms with Crippen molar-refractivity contribution in [2.45, 2.75) is 5.75 Å². The van der Waals surface area contributed by atoms with Crippen molar-refractivity contribution in [1.29, 1.82) is 0 Å². The molecule has 1 heterocycles. The summed E-state index contributed by atoms with van der Waals surface area (Å²) in [6.07, 6.45) is 0. The second-order valence-corrected chi connectivity index (χ2v) is 8.11. The lowest BCUT2D eigenvalue weighted by atomic mass is 10.2. The minimum absolute atomic E-state index is 0.0173. The van der Waals surface area contributed by atoms with Crippen LogP contribution in [0.4, 0.5) is 5.69 Å². The van der Waals surface area contributed by atoms with E-state index in [4.69, 9.17) is 0 Å². The monoisotopic (exact) mass is 390 g/mol. The van der Waals surface area contributed by atoms with Crippen LogP contribution in [0.15, 0.2) is 78.9 Å². The fraction of sp³-hybridized carbons (Fsp3) is 0.0909. The Bertz CT molecular complexity index is 1010. The van der Waals surface area contributed by atoms with Gasteiger partial charge in [-0.15, -0.1) is 23.1 Å². The molecule has 0 spiro atoms. The van der Waals surface area contributed by atoms with Crippen LogP contribution in [0.1, 0.15) is 5.56 Å². The Balaban J connectivity index is 1.34. The number of nitrogens with one attached hydrogen (secondary N) is 1. The number of carbonyl (C=O) groups excluding carboxylic acids is 1. The number of hydrogen-bond acceptors (Lipinski definition) is 4. The van der Waals surface area contributed by atoms with Crippen LogP contribution in [0.3, 0.4) is 0 Å². The number of thioether (sulfide) groups is 1. The third-order valence-corrected chi connectivity index (χ3v) is 6.14. The number of rotatable bonds is 6. The molecule has 5 heteroatoms. The van der Waals surface area contributed by atoms with E-state index in [9.17, 15) is 4.79 Å². The minimum atomic E-state index is 0.0173. The first-order valence-electron chi connectivity index (χ1n) is 8.65. The molecule has 0 radical (unpaired) electrons. The number of hydrogen-bond donors (Lipinski definition) is 1. The first kappa shape index (κ1) is 17.8. The van der Waals surface area contributed by atoms with E-state index in [2.05, 4.69) is 28.5 Å². The highest BCUT2D eigenvalue weighted by Gasteiger charge is 2.07. The number of thiazole rings is 1. The molecule has 0 saturated carbocycles. The van der Waals surface area contributed by atoms with Gasteiger partial charge in [0.2, 0.25) is 5.91 Å². The number of fused-ring (bicyclic) bond motifs is 1. The lowest BCUT2D eigenvalue weighted by molar-refractivity contribution is -0.113. The molecule has 0 aliphatic heterocycles. The molecule has 27 heavy (non-hydrogen) atoms. The normalized spacial score (nSPS) is 10.8. The summed E-state index contributed by atoms with van der Waals surface area (Å²) >= 11 is 3.29. The van der Waals surface area contributed by atoms with E-state index in [0.717, 1.165) is 27.5 Å².